The molecule has 0 radical (unpaired) electrons. The van der Waals surface area contributed by atoms with Crippen LogP contribution in [0.4, 0.5) is 4.39 Å². The molecule has 34 heavy (non-hydrogen) atoms. The van der Waals surface area contributed by atoms with Crippen molar-refractivity contribution in [2.75, 3.05) is 0 Å². The molecule has 3 heterocycles. The number of rotatable bonds is 8. The van der Waals surface area contributed by atoms with E-state index in [4.69, 9.17) is 4.42 Å². The number of nitrogens with zero attached hydrogens (tertiary/aromatic N) is 5. The predicted molar refractivity (Wildman–Crippen MR) is 124 cm³/mol. The number of H-pyrrole nitrogens is 1. The summed E-state index contributed by atoms with van der Waals surface area (Å²) in [6.45, 7) is 3.60. The lowest BCUT2D eigenvalue weighted by molar-refractivity contribution is 0.235. The van der Waals surface area contributed by atoms with Gasteiger partial charge in [-0.15, -0.1) is 5.10 Å². The standard InChI is InChI=1S/C25H23FN6O2/c1-17-4-2-5-19-12-20(25(33)27-24(17)19)14-31(13-18-7-9-21(26)10-8-18)16-23-28-29-30-32(23)15-22-6-3-11-34-22/h2-12H,13-16H2,1H3,(H,27,33). The smallest absolute Gasteiger partial charge is 0.252 e. The van der Waals surface area contributed by atoms with Crippen LogP contribution in [0.2, 0.25) is 0 Å². The van der Waals surface area contributed by atoms with E-state index < -0.39 is 0 Å². The van der Waals surface area contributed by atoms with Gasteiger partial charge >= 0.3 is 0 Å². The molecule has 1 N–H and O–H groups in total. The van der Waals surface area contributed by atoms with Crippen molar-refractivity contribution < 1.29 is 8.81 Å². The minimum Gasteiger partial charge on any atom is -0.467 e. The molecule has 2 aromatic carbocycles. The highest BCUT2D eigenvalue weighted by molar-refractivity contribution is 5.81. The molecule has 8 nitrogen and oxygen atoms in total. The Bertz CT molecular complexity index is 1460. The molecule has 0 saturated heterocycles. The Labute approximate surface area is 194 Å². The van der Waals surface area contributed by atoms with Crippen LogP contribution in [-0.4, -0.2) is 30.1 Å². The lowest BCUT2D eigenvalue weighted by Gasteiger charge is -2.22. The molecule has 0 atom stereocenters. The van der Waals surface area contributed by atoms with Gasteiger partial charge in [0.2, 0.25) is 0 Å². The van der Waals surface area contributed by atoms with Crippen molar-refractivity contribution in [1.82, 2.24) is 30.1 Å². The van der Waals surface area contributed by atoms with Crippen molar-refractivity contribution >= 4 is 10.9 Å². The van der Waals surface area contributed by atoms with Crippen LogP contribution in [0.25, 0.3) is 10.9 Å². The van der Waals surface area contributed by atoms with Gasteiger partial charge in [0.05, 0.1) is 18.3 Å². The predicted octanol–water partition coefficient (Wildman–Crippen LogP) is 3.81. The third-order valence-electron chi connectivity index (χ3n) is 5.74. The van der Waals surface area contributed by atoms with Crippen molar-refractivity contribution in [3.63, 3.8) is 0 Å². The fourth-order valence-electron chi connectivity index (χ4n) is 4.01. The van der Waals surface area contributed by atoms with Gasteiger partial charge < -0.3 is 9.40 Å². The number of aryl methyl sites for hydroxylation is 1. The zero-order chi connectivity index (χ0) is 23.5. The first kappa shape index (κ1) is 21.7. The summed E-state index contributed by atoms with van der Waals surface area (Å²) in [5.41, 5.74) is 3.26. The van der Waals surface area contributed by atoms with Gasteiger partial charge in [-0.25, -0.2) is 9.07 Å². The fourth-order valence-corrected chi connectivity index (χ4v) is 4.01. The van der Waals surface area contributed by atoms with Gasteiger partial charge in [-0.2, -0.15) is 0 Å². The highest BCUT2D eigenvalue weighted by atomic mass is 19.1. The first-order valence-corrected chi connectivity index (χ1v) is 10.9. The molecule has 172 valence electrons. The summed E-state index contributed by atoms with van der Waals surface area (Å²) < 4.78 is 20.5. The molecule has 0 bridgehead atoms. The number of halogens is 1. The number of fused-ring (bicyclic) bond motifs is 1. The summed E-state index contributed by atoms with van der Waals surface area (Å²) in [4.78, 5) is 18.0. The number of nitrogens with one attached hydrogen (secondary N) is 1. The van der Waals surface area contributed by atoms with E-state index in [9.17, 15) is 9.18 Å². The number of aromatic nitrogens is 5. The Hall–Kier alpha value is -4.11. The third kappa shape index (κ3) is 4.79. The molecule has 0 aliphatic carbocycles. The number of hydrogen-bond acceptors (Lipinski definition) is 6. The first-order valence-electron chi connectivity index (χ1n) is 10.9. The molecular formula is C25H23FN6O2. The van der Waals surface area contributed by atoms with E-state index in [0.29, 0.717) is 37.6 Å². The van der Waals surface area contributed by atoms with Crippen LogP contribution in [0.3, 0.4) is 0 Å². The average Bonchev–Trinajstić information content (AvgIpc) is 3.49. The fraction of sp³-hybridized carbons (Fsp3) is 0.200. The van der Waals surface area contributed by atoms with Crippen molar-refractivity contribution in [3.05, 3.63) is 111 Å². The molecule has 0 saturated carbocycles. The molecule has 0 aliphatic rings. The minimum atomic E-state index is -0.293. The molecule has 9 heteroatoms. The molecule has 0 aliphatic heterocycles. The summed E-state index contributed by atoms with van der Waals surface area (Å²) in [6, 6.07) is 17.9. The Morgan fingerprint density at radius 2 is 1.91 bits per heavy atom. The molecule has 0 fully saturated rings. The molecule has 5 rings (SSSR count). The second-order valence-corrected chi connectivity index (χ2v) is 8.27. The summed E-state index contributed by atoms with van der Waals surface area (Å²) in [7, 11) is 0. The van der Waals surface area contributed by atoms with Crippen LogP contribution >= 0.6 is 0 Å². The first-order chi connectivity index (χ1) is 16.5. The van der Waals surface area contributed by atoms with E-state index in [1.54, 1.807) is 23.1 Å². The number of aromatic amines is 1. The lowest BCUT2D eigenvalue weighted by atomic mass is 10.1. The van der Waals surface area contributed by atoms with E-state index in [-0.39, 0.29) is 11.4 Å². The molecule has 3 aromatic heterocycles. The van der Waals surface area contributed by atoms with Crippen LogP contribution in [0.15, 0.2) is 76.1 Å². The van der Waals surface area contributed by atoms with Crippen LogP contribution in [0.1, 0.15) is 28.3 Å². The van der Waals surface area contributed by atoms with Crippen molar-refractivity contribution in [1.29, 1.82) is 0 Å². The lowest BCUT2D eigenvalue weighted by Crippen LogP contribution is -2.28. The van der Waals surface area contributed by atoms with Gasteiger partial charge in [-0.05, 0) is 64.2 Å². The monoisotopic (exact) mass is 458 g/mol. The largest absolute Gasteiger partial charge is 0.467 e. The molecular weight excluding hydrogens is 435 g/mol. The van der Waals surface area contributed by atoms with Gasteiger partial charge in [0, 0.05) is 18.7 Å². The summed E-state index contributed by atoms with van der Waals surface area (Å²) in [5, 5.41) is 13.1. The second kappa shape index (κ2) is 9.40. The zero-order valence-corrected chi connectivity index (χ0v) is 18.6. The minimum absolute atomic E-state index is 0.138. The maximum Gasteiger partial charge on any atom is 0.252 e. The SMILES string of the molecule is Cc1cccc2cc(CN(Cc3ccc(F)cc3)Cc3nnnn3Cc3ccco3)c(=O)[nH]c12. The highest BCUT2D eigenvalue weighted by Gasteiger charge is 2.17. The maximum absolute atomic E-state index is 13.4. The van der Waals surface area contributed by atoms with E-state index in [1.165, 1.54) is 12.1 Å². The number of tetrazole rings is 1. The summed E-state index contributed by atoms with van der Waals surface area (Å²) in [6.07, 6.45) is 1.61. The molecule has 5 aromatic rings. The zero-order valence-electron chi connectivity index (χ0n) is 18.6. The van der Waals surface area contributed by atoms with Gasteiger partial charge in [-0.1, -0.05) is 30.3 Å². The Morgan fingerprint density at radius 1 is 1.06 bits per heavy atom. The maximum atomic E-state index is 13.4. The Kier molecular flexibility index (Phi) is 6.01. The second-order valence-electron chi connectivity index (χ2n) is 8.27. The van der Waals surface area contributed by atoms with Gasteiger partial charge in [-0.3, -0.25) is 9.69 Å². The number of benzene rings is 2. The summed E-state index contributed by atoms with van der Waals surface area (Å²) in [5.74, 6) is 1.07. The number of furan rings is 1. The molecule has 0 spiro atoms. The van der Waals surface area contributed by atoms with E-state index in [0.717, 1.165) is 27.8 Å². The molecule has 0 amide bonds. The highest BCUT2D eigenvalue weighted by Crippen LogP contribution is 2.18. The normalized spacial score (nSPS) is 11.5. The van der Waals surface area contributed by atoms with Gasteiger partial charge in [0.25, 0.3) is 5.56 Å². The van der Waals surface area contributed by atoms with E-state index >= 15 is 0 Å². The van der Waals surface area contributed by atoms with Gasteiger partial charge in [0.15, 0.2) is 5.82 Å². The van der Waals surface area contributed by atoms with Gasteiger partial charge in [0.1, 0.15) is 18.1 Å². The van der Waals surface area contributed by atoms with Crippen molar-refractivity contribution in [3.8, 4) is 0 Å². The number of hydrogen-bond donors (Lipinski definition) is 1. The Morgan fingerprint density at radius 3 is 2.71 bits per heavy atom. The van der Waals surface area contributed by atoms with E-state index in [2.05, 4.69) is 25.4 Å². The third-order valence-corrected chi connectivity index (χ3v) is 5.74. The Balaban J connectivity index is 1.45. The molecule has 0 unspecified atom stereocenters. The quantitative estimate of drug-likeness (QED) is 0.380. The summed E-state index contributed by atoms with van der Waals surface area (Å²) >= 11 is 0. The topological polar surface area (TPSA) is 92.8 Å². The van der Waals surface area contributed by atoms with Crippen LogP contribution < -0.4 is 5.56 Å². The average molecular weight is 458 g/mol. The van der Waals surface area contributed by atoms with Crippen molar-refractivity contribution in [2.24, 2.45) is 0 Å². The van der Waals surface area contributed by atoms with E-state index in [1.807, 2.05) is 43.3 Å². The van der Waals surface area contributed by atoms with Crippen LogP contribution in [0, 0.1) is 12.7 Å². The van der Waals surface area contributed by atoms with Crippen molar-refractivity contribution in [2.45, 2.75) is 33.1 Å². The number of para-hydroxylation sites is 1. The van der Waals surface area contributed by atoms with Crippen LogP contribution in [-0.2, 0) is 26.2 Å². The van der Waals surface area contributed by atoms with Crippen LogP contribution in [0.5, 0.6) is 0 Å². The number of pyridine rings is 1.